The molecule has 68 valence electrons. The maximum atomic E-state index is 10.1. The number of hydrogen-bond acceptors (Lipinski definition) is 3. The number of isocyanates is 1. The Morgan fingerprint density at radius 3 is 3.00 bits per heavy atom. The Morgan fingerprint density at radius 2 is 2.42 bits per heavy atom. The summed E-state index contributed by atoms with van der Waals surface area (Å²) >= 11 is 0. The molecule has 0 bridgehead atoms. The van der Waals surface area contributed by atoms with Gasteiger partial charge in [-0.3, -0.25) is 0 Å². The average Bonchev–Trinajstić information content (AvgIpc) is 2.04. The molecule has 0 saturated heterocycles. The second-order valence-electron chi connectivity index (χ2n) is 3.65. The molecule has 2 atom stereocenters. The molecule has 0 radical (unpaired) electrons. The lowest BCUT2D eigenvalue weighted by Gasteiger charge is -2.32. The third-order valence-corrected chi connectivity index (χ3v) is 2.56. The van der Waals surface area contributed by atoms with Crippen LogP contribution in [0.15, 0.2) is 4.99 Å². The minimum Gasteiger partial charge on any atom is -0.381 e. The van der Waals surface area contributed by atoms with E-state index in [1.807, 2.05) is 6.92 Å². The zero-order chi connectivity index (χ0) is 9.03. The first-order chi connectivity index (χ1) is 5.70. The van der Waals surface area contributed by atoms with E-state index in [0.717, 1.165) is 25.7 Å². The molecule has 12 heavy (non-hydrogen) atoms. The van der Waals surface area contributed by atoms with Gasteiger partial charge in [0.25, 0.3) is 0 Å². The van der Waals surface area contributed by atoms with Crippen LogP contribution in [0.25, 0.3) is 0 Å². The predicted octanol–water partition coefficient (Wildman–Crippen LogP) is 1.67. The average molecular weight is 169 g/mol. The summed E-state index contributed by atoms with van der Waals surface area (Å²) in [7, 11) is 1.71. The number of carbonyl (C=O) groups excluding carboxylic acids is 1. The number of hydrogen-bond donors (Lipinski definition) is 0. The molecule has 3 heteroatoms. The molecule has 0 amide bonds. The van der Waals surface area contributed by atoms with Crippen LogP contribution in [0.4, 0.5) is 0 Å². The molecule has 0 aromatic heterocycles. The zero-order valence-electron chi connectivity index (χ0n) is 7.67. The molecule has 2 unspecified atom stereocenters. The summed E-state index contributed by atoms with van der Waals surface area (Å²) in [5.74, 6) is 0. The Bertz CT molecular complexity index is 199. The van der Waals surface area contributed by atoms with E-state index in [9.17, 15) is 4.79 Å². The zero-order valence-corrected chi connectivity index (χ0v) is 7.67. The van der Waals surface area contributed by atoms with Crippen LogP contribution in [-0.4, -0.2) is 24.8 Å². The van der Waals surface area contributed by atoms with E-state index >= 15 is 0 Å². The molecule has 0 aromatic carbocycles. The van der Waals surface area contributed by atoms with Crippen LogP contribution in [0, 0.1) is 0 Å². The van der Waals surface area contributed by atoms with Crippen molar-refractivity contribution in [3.63, 3.8) is 0 Å². The minimum atomic E-state index is -0.222. The number of nitrogens with zero attached hydrogens (tertiary/aromatic N) is 1. The lowest BCUT2D eigenvalue weighted by atomic mass is 9.82. The second-order valence-corrected chi connectivity index (χ2v) is 3.65. The van der Waals surface area contributed by atoms with Crippen molar-refractivity contribution in [2.24, 2.45) is 4.99 Å². The van der Waals surface area contributed by atoms with Crippen LogP contribution in [0.1, 0.15) is 32.6 Å². The maximum absolute atomic E-state index is 10.1. The number of rotatable bonds is 2. The van der Waals surface area contributed by atoms with Crippen LogP contribution in [0.5, 0.6) is 0 Å². The SMILES string of the molecule is COC1CCCC(C)(N=C=O)C1. The van der Waals surface area contributed by atoms with Gasteiger partial charge in [-0.05, 0) is 32.6 Å². The number of methoxy groups -OCH3 is 1. The molecule has 0 aromatic rings. The molecule has 0 aliphatic heterocycles. The summed E-state index contributed by atoms with van der Waals surface area (Å²) in [5.41, 5.74) is -0.222. The van der Waals surface area contributed by atoms with E-state index in [-0.39, 0.29) is 11.6 Å². The van der Waals surface area contributed by atoms with Crippen molar-refractivity contribution in [3.05, 3.63) is 0 Å². The lowest BCUT2D eigenvalue weighted by Crippen LogP contribution is -2.33. The first-order valence-corrected chi connectivity index (χ1v) is 4.32. The smallest absolute Gasteiger partial charge is 0.235 e. The fourth-order valence-corrected chi connectivity index (χ4v) is 1.82. The van der Waals surface area contributed by atoms with Crippen molar-refractivity contribution in [1.82, 2.24) is 0 Å². The maximum Gasteiger partial charge on any atom is 0.235 e. The quantitative estimate of drug-likeness (QED) is 0.466. The summed E-state index contributed by atoms with van der Waals surface area (Å²) in [5, 5.41) is 0. The summed E-state index contributed by atoms with van der Waals surface area (Å²) in [4.78, 5) is 14.0. The van der Waals surface area contributed by atoms with Crippen LogP contribution in [-0.2, 0) is 9.53 Å². The summed E-state index contributed by atoms with van der Waals surface area (Å²) in [6.07, 6.45) is 5.89. The van der Waals surface area contributed by atoms with Gasteiger partial charge in [-0.25, -0.2) is 4.79 Å². The van der Waals surface area contributed by atoms with Gasteiger partial charge >= 0.3 is 0 Å². The Morgan fingerprint density at radius 1 is 1.67 bits per heavy atom. The van der Waals surface area contributed by atoms with Gasteiger partial charge < -0.3 is 4.74 Å². The second kappa shape index (κ2) is 3.83. The Balaban J connectivity index is 2.60. The van der Waals surface area contributed by atoms with E-state index in [1.54, 1.807) is 13.2 Å². The molecular weight excluding hydrogens is 154 g/mol. The number of ether oxygens (including phenoxy) is 1. The van der Waals surface area contributed by atoms with Gasteiger partial charge in [0.15, 0.2) is 0 Å². The van der Waals surface area contributed by atoms with E-state index in [0.29, 0.717) is 0 Å². The molecule has 3 nitrogen and oxygen atoms in total. The largest absolute Gasteiger partial charge is 0.381 e. The first kappa shape index (κ1) is 9.43. The van der Waals surface area contributed by atoms with Crippen molar-refractivity contribution < 1.29 is 9.53 Å². The molecular formula is C9H15NO2. The highest BCUT2D eigenvalue weighted by Gasteiger charge is 2.31. The molecule has 0 heterocycles. The summed E-state index contributed by atoms with van der Waals surface area (Å²) < 4.78 is 5.24. The van der Waals surface area contributed by atoms with Crippen molar-refractivity contribution in [3.8, 4) is 0 Å². The molecule has 0 spiro atoms. The van der Waals surface area contributed by atoms with Crippen LogP contribution < -0.4 is 0 Å². The first-order valence-electron chi connectivity index (χ1n) is 4.32. The van der Waals surface area contributed by atoms with Crippen LogP contribution in [0.2, 0.25) is 0 Å². The standard InChI is InChI=1S/C9H15NO2/c1-9(10-7-11)5-3-4-8(6-9)12-2/h8H,3-6H2,1-2H3. The third-order valence-electron chi connectivity index (χ3n) is 2.56. The van der Waals surface area contributed by atoms with Gasteiger partial charge in [-0.1, -0.05) is 0 Å². The van der Waals surface area contributed by atoms with Gasteiger partial charge in [-0.15, -0.1) is 0 Å². The summed E-state index contributed by atoms with van der Waals surface area (Å²) in [6.45, 7) is 1.99. The van der Waals surface area contributed by atoms with Crippen molar-refractivity contribution in [2.45, 2.75) is 44.2 Å². The van der Waals surface area contributed by atoms with Gasteiger partial charge in [-0.2, -0.15) is 4.99 Å². The van der Waals surface area contributed by atoms with Crippen LogP contribution in [0.3, 0.4) is 0 Å². The Kier molecular flexibility index (Phi) is 3.01. The Hall–Kier alpha value is -0.660. The highest BCUT2D eigenvalue weighted by molar-refractivity contribution is 5.34. The molecule has 1 saturated carbocycles. The monoisotopic (exact) mass is 169 g/mol. The van der Waals surface area contributed by atoms with Crippen molar-refractivity contribution in [1.29, 1.82) is 0 Å². The molecule has 1 aliphatic rings. The lowest BCUT2D eigenvalue weighted by molar-refractivity contribution is 0.0465. The predicted molar refractivity (Wildman–Crippen MR) is 45.8 cm³/mol. The van der Waals surface area contributed by atoms with Gasteiger partial charge in [0.2, 0.25) is 6.08 Å². The molecule has 0 N–H and O–H groups in total. The van der Waals surface area contributed by atoms with E-state index in [4.69, 9.17) is 4.74 Å². The Labute approximate surface area is 72.8 Å². The number of aliphatic imine (C=N–C) groups is 1. The minimum absolute atomic E-state index is 0.222. The van der Waals surface area contributed by atoms with Crippen LogP contribution >= 0.6 is 0 Å². The normalized spacial score (nSPS) is 35.7. The molecule has 1 fully saturated rings. The highest BCUT2D eigenvalue weighted by Crippen LogP contribution is 2.32. The molecule has 1 aliphatic carbocycles. The highest BCUT2D eigenvalue weighted by atomic mass is 16.5. The molecule has 1 rings (SSSR count). The fraction of sp³-hybridized carbons (Fsp3) is 0.889. The van der Waals surface area contributed by atoms with Crippen molar-refractivity contribution in [2.75, 3.05) is 7.11 Å². The topological polar surface area (TPSA) is 38.7 Å². The van der Waals surface area contributed by atoms with Gasteiger partial charge in [0.1, 0.15) is 0 Å². The van der Waals surface area contributed by atoms with E-state index in [2.05, 4.69) is 4.99 Å². The van der Waals surface area contributed by atoms with Crippen molar-refractivity contribution >= 4 is 6.08 Å². The van der Waals surface area contributed by atoms with Gasteiger partial charge in [0.05, 0.1) is 11.6 Å². The van der Waals surface area contributed by atoms with E-state index < -0.39 is 0 Å². The fourth-order valence-electron chi connectivity index (χ4n) is 1.82. The summed E-state index contributed by atoms with van der Waals surface area (Å²) in [6, 6.07) is 0. The van der Waals surface area contributed by atoms with Gasteiger partial charge in [0, 0.05) is 7.11 Å². The third kappa shape index (κ3) is 2.16. The van der Waals surface area contributed by atoms with E-state index in [1.165, 1.54) is 0 Å².